The molecule has 1 heterocycles. The van der Waals surface area contributed by atoms with Crippen molar-refractivity contribution in [2.45, 2.75) is 26.3 Å². The Morgan fingerprint density at radius 2 is 1.65 bits per heavy atom. The molecule has 0 radical (unpaired) electrons. The zero-order chi connectivity index (χ0) is 16.1. The van der Waals surface area contributed by atoms with E-state index in [-0.39, 0.29) is 16.9 Å². The van der Waals surface area contributed by atoms with Crippen molar-refractivity contribution < 1.29 is 0 Å². The summed E-state index contributed by atoms with van der Waals surface area (Å²) in [7, 11) is 0. The molecule has 4 rings (SSSR count). The Bertz CT molecular complexity index is 962. The van der Waals surface area contributed by atoms with Gasteiger partial charge in [-0.05, 0) is 37.5 Å². The summed E-state index contributed by atoms with van der Waals surface area (Å²) in [5.41, 5.74) is 4.59. The third kappa shape index (κ3) is 1.96. The van der Waals surface area contributed by atoms with E-state index in [1.807, 2.05) is 54.3 Å². The maximum atomic E-state index is 12.3. The topological polar surface area (TPSA) is 37.4 Å². The van der Waals surface area contributed by atoms with Crippen LogP contribution < -0.4 is 15.8 Å². The van der Waals surface area contributed by atoms with Crippen molar-refractivity contribution in [3.63, 3.8) is 0 Å². The lowest BCUT2D eigenvalue weighted by molar-refractivity contribution is 0.755. The van der Waals surface area contributed by atoms with Gasteiger partial charge in [0, 0.05) is 11.7 Å². The maximum Gasteiger partial charge on any atom is 0.250 e. The van der Waals surface area contributed by atoms with E-state index in [2.05, 4.69) is 13.0 Å². The van der Waals surface area contributed by atoms with Crippen LogP contribution in [0, 0.1) is 6.92 Å². The SMILES string of the molecule is Cc1ccc(-c2c(N3c4ccccc4CC3C)c(=O)c2=O)cc1. The normalized spacial score (nSPS) is 16.8. The summed E-state index contributed by atoms with van der Waals surface area (Å²) in [6, 6.07) is 16.1. The van der Waals surface area contributed by atoms with Crippen LogP contribution in [0.25, 0.3) is 11.1 Å². The third-order valence-electron chi connectivity index (χ3n) is 4.67. The molecule has 1 aliphatic rings. The van der Waals surface area contributed by atoms with Crippen molar-refractivity contribution in [2.75, 3.05) is 4.90 Å². The molecular formula is C20H17NO2. The number of nitrogens with zero attached hydrogens (tertiary/aromatic N) is 1. The molecule has 114 valence electrons. The van der Waals surface area contributed by atoms with Crippen LogP contribution in [0.2, 0.25) is 0 Å². The molecule has 0 fully saturated rings. The van der Waals surface area contributed by atoms with E-state index in [9.17, 15) is 9.59 Å². The zero-order valence-corrected chi connectivity index (χ0v) is 13.2. The van der Waals surface area contributed by atoms with Crippen molar-refractivity contribution in [1.82, 2.24) is 0 Å². The summed E-state index contributed by atoms with van der Waals surface area (Å²) in [4.78, 5) is 26.5. The Hall–Kier alpha value is -2.68. The van der Waals surface area contributed by atoms with Crippen molar-refractivity contribution in [1.29, 1.82) is 0 Å². The molecule has 23 heavy (non-hydrogen) atoms. The summed E-state index contributed by atoms with van der Waals surface area (Å²) in [5.74, 6) is 0. The molecule has 3 nitrogen and oxygen atoms in total. The van der Waals surface area contributed by atoms with Crippen LogP contribution >= 0.6 is 0 Å². The molecule has 3 heteroatoms. The van der Waals surface area contributed by atoms with Gasteiger partial charge in [-0.25, -0.2) is 0 Å². The van der Waals surface area contributed by atoms with Gasteiger partial charge in [0.15, 0.2) is 0 Å². The van der Waals surface area contributed by atoms with Crippen LogP contribution in [-0.2, 0) is 6.42 Å². The van der Waals surface area contributed by atoms with Crippen LogP contribution in [0.4, 0.5) is 11.4 Å². The minimum Gasteiger partial charge on any atom is -0.334 e. The number of hydrogen-bond donors (Lipinski definition) is 0. The lowest BCUT2D eigenvalue weighted by atomic mass is 9.96. The molecule has 1 unspecified atom stereocenters. The smallest absolute Gasteiger partial charge is 0.250 e. The van der Waals surface area contributed by atoms with Gasteiger partial charge in [-0.15, -0.1) is 0 Å². The van der Waals surface area contributed by atoms with Crippen LogP contribution in [0.5, 0.6) is 0 Å². The van der Waals surface area contributed by atoms with Gasteiger partial charge < -0.3 is 4.90 Å². The lowest BCUT2D eigenvalue weighted by Crippen LogP contribution is -2.42. The fourth-order valence-electron chi connectivity index (χ4n) is 3.50. The van der Waals surface area contributed by atoms with Crippen LogP contribution in [0.3, 0.4) is 0 Å². The molecule has 0 spiro atoms. The second kappa shape index (κ2) is 4.92. The monoisotopic (exact) mass is 303 g/mol. The Kier molecular flexibility index (Phi) is 2.98. The fraction of sp³-hybridized carbons (Fsp3) is 0.200. The molecule has 0 amide bonds. The predicted molar refractivity (Wildman–Crippen MR) is 93.3 cm³/mol. The van der Waals surface area contributed by atoms with E-state index in [1.165, 1.54) is 5.56 Å². The predicted octanol–water partition coefficient (Wildman–Crippen LogP) is 3.34. The first-order valence-electron chi connectivity index (χ1n) is 7.85. The third-order valence-corrected chi connectivity index (χ3v) is 4.67. The van der Waals surface area contributed by atoms with Gasteiger partial charge in [-0.1, -0.05) is 48.0 Å². The number of para-hydroxylation sites is 1. The average Bonchev–Trinajstić information content (AvgIpc) is 2.88. The van der Waals surface area contributed by atoms with Crippen molar-refractivity contribution in [2.24, 2.45) is 0 Å². The van der Waals surface area contributed by atoms with Gasteiger partial charge in [0.05, 0.1) is 5.56 Å². The highest BCUT2D eigenvalue weighted by molar-refractivity contribution is 5.88. The number of hydrogen-bond acceptors (Lipinski definition) is 3. The minimum absolute atomic E-state index is 0.180. The van der Waals surface area contributed by atoms with Crippen molar-refractivity contribution in [3.05, 3.63) is 80.1 Å². The Morgan fingerprint density at radius 1 is 0.957 bits per heavy atom. The Balaban J connectivity index is 1.89. The van der Waals surface area contributed by atoms with Crippen molar-refractivity contribution >= 4 is 11.4 Å². The Morgan fingerprint density at radius 3 is 2.39 bits per heavy atom. The van der Waals surface area contributed by atoms with E-state index >= 15 is 0 Å². The van der Waals surface area contributed by atoms with E-state index in [4.69, 9.17) is 0 Å². The number of fused-ring (bicyclic) bond motifs is 1. The molecule has 1 aliphatic heterocycles. The summed E-state index contributed by atoms with van der Waals surface area (Å²) < 4.78 is 0. The quantitative estimate of drug-likeness (QED) is 0.681. The highest BCUT2D eigenvalue weighted by Crippen LogP contribution is 2.40. The van der Waals surface area contributed by atoms with Crippen molar-refractivity contribution in [3.8, 4) is 11.1 Å². The highest BCUT2D eigenvalue weighted by atomic mass is 16.2. The second-order valence-electron chi connectivity index (χ2n) is 6.30. The van der Waals surface area contributed by atoms with E-state index in [0.717, 1.165) is 23.2 Å². The van der Waals surface area contributed by atoms with Crippen LogP contribution in [0.1, 0.15) is 18.1 Å². The summed E-state index contributed by atoms with van der Waals surface area (Å²) >= 11 is 0. The highest BCUT2D eigenvalue weighted by Gasteiger charge is 2.35. The molecule has 1 atom stereocenters. The summed E-state index contributed by atoms with van der Waals surface area (Å²) in [6.45, 7) is 4.10. The molecule has 3 aromatic rings. The molecule has 0 saturated heterocycles. The number of benzene rings is 2. The molecule has 0 aliphatic carbocycles. The van der Waals surface area contributed by atoms with E-state index in [1.54, 1.807) is 0 Å². The van der Waals surface area contributed by atoms with Gasteiger partial charge in [-0.3, -0.25) is 9.59 Å². The first kappa shape index (κ1) is 13.9. The van der Waals surface area contributed by atoms with Gasteiger partial charge in [0.25, 0.3) is 5.43 Å². The largest absolute Gasteiger partial charge is 0.334 e. The molecule has 0 bridgehead atoms. The maximum absolute atomic E-state index is 12.3. The van der Waals surface area contributed by atoms with Gasteiger partial charge >= 0.3 is 0 Å². The molecule has 0 aromatic heterocycles. The lowest BCUT2D eigenvalue weighted by Gasteiger charge is -2.28. The van der Waals surface area contributed by atoms with E-state index in [0.29, 0.717) is 11.3 Å². The fourth-order valence-corrected chi connectivity index (χ4v) is 3.50. The zero-order valence-electron chi connectivity index (χ0n) is 13.2. The van der Waals surface area contributed by atoms with Gasteiger partial charge in [0.2, 0.25) is 5.43 Å². The van der Waals surface area contributed by atoms with Gasteiger partial charge in [0.1, 0.15) is 5.69 Å². The summed E-state index contributed by atoms with van der Waals surface area (Å²) in [6.07, 6.45) is 0.891. The average molecular weight is 303 g/mol. The van der Waals surface area contributed by atoms with E-state index < -0.39 is 0 Å². The first-order valence-corrected chi connectivity index (χ1v) is 7.85. The number of aryl methyl sites for hydroxylation is 1. The molecular weight excluding hydrogens is 286 g/mol. The second-order valence-corrected chi connectivity index (χ2v) is 6.30. The standard InChI is InChI=1S/C20H17NO2/c1-12-7-9-14(10-8-12)17-18(20(23)19(17)22)21-13(2)11-15-5-3-4-6-16(15)21/h3-10,13H,11H2,1-2H3. The van der Waals surface area contributed by atoms with Crippen LogP contribution in [-0.4, -0.2) is 6.04 Å². The number of anilines is 2. The minimum atomic E-state index is -0.375. The molecule has 3 aromatic carbocycles. The summed E-state index contributed by atoms with van der Waals surface area (Å²) in [5, 5.41) is 0. The van der Waals surface area contributed by atoms with Gasteiger partial charge in [-0.2, -0.15) is 0 Å². The number of rotatable bonds is 2. The molecule has 0 saturated carbocycles. The van der Waals surface area contributed by atoms with Crippen LogP contribution in [0.15, 0.2) is 58.1 Å². The molecule has 0 N–H and O–H groups in total. The Labute approximate surface area is 134 Å². The first-order chi connectivity index (χ1) is 11.1.